The molecule has 2 amide bonds. The summed E-state index contributed by atoms with van der Waals surface area (Å²) >= 11 is 0. The first-order valence-electron chi connectivity index (χ1n) is 12.0. The summed E-state index contributed by atoms with van der Waals surface area (Å²) in [6, 6.07) is 12.2. The zero-order valence-corrected chi connectivity index (χ0v) is 19.5. The smallest absolute Gasteiger partial charge is 0.331 e. The van der Waals surface area contributed by atoms with Crippen molar-refractivity contribution >= 4 is 28.4 Å². The molecule has 0 spiro atoms. The molecule has 2 aromatic carbocycles. The number of amides is 2. The Balaban J connectivity index is 1.47. The molecule has 4 rings (SSSR count). The molecule has 1 aromatic heterocycles. The lowest BCUT2D eigenvalue weighted by molar-refractivity contribution is -0.122. The molecule has 0 bridgehead atoms. The minimum absolute atomic E-state index is 0.00219. The van der Waals surface area contributed by atoms with Crippen LogP contribution >= 0.6 is 0 Å². The monoisotopic (exact) mass is 480 g/mol. The van der Waals surface area contributed by atoms with Gasteiger partial charge in [-0.2, -0.15) is 0 Å². The fraction of sp³-hybridized carbons (Fsp3) is 0.385. The van der Waals surface area contributed by atoms with E-state index in [9.17, 15) is 23.6 Å². The van der Waals surface area contributed by atoms with E-state index < -0.39 is 23.0 Å². The van der Waals surface area contributed by atoms with E-state index in [4.69, 9.17) is 0 Å². The summed E-state index contributed by atoms with van der Waals surface area (Å²) in [6.45, 7) is -0.153. The van der Waals surface area contributed by atoms with Crippen molar-refractivity contribution in [2.45, 2.75) is 64.1 Å². The third-order valence-electron chi connectivity index (χ3n) is 6.32. The lowest BCUT2D eigenvalue weighted by atomic mass is 10.2. The maximum atomic E-state index is 13.2. The van der Waals surface area contributed by atoms with Gasteiger partial charge in [0.05, 0.1) is 10.9 Å². The van der Waals surface area contributed by atoms with Gasteiger partial charge in [-0.3, -0.25) is 23.5 Å². The number of halogens is 1. The van der Waals surface area contributed by atoms with Gasteiger partial charge in [-0.25, -0.2) is 9.18 Å². The molecule has 0 unspecified atom stereocenters. The van der Waals surface area contributed by atoms with Crippen LogP contribution in [0.2, 0.25) is 0 Å². The first-order valence-corrected chi connectivity index (χ1v) is 12.0. The van der Waals surface area contributed by atoms with Gasteiger partial charge < -0.3 is 10.6 Å². The Bertz CT molecular complexity index is 1320. The van der Waals surface area contributed by atoms with Crippen molar-refractivity contribution in [3.63, 3.8) is 0 Å². The molecule has 1 fully saturated rings. The van der Waals surface area contributed by atoms with E-state index in [0.717, 1.165) is 30.3 Å². The van der Waals surface area contributed by atoms with Crippen LogP contribution in [0.15, 0.2) is 58.1 Å². The van der Waals surface area contributed by atoms with Gasteiger partial charge in [0.1, 0.15) is 12.4 Å². The quantitative estimate of drug-likeness (QED) is 0.459. The maximum Gasteiger partial charge on any atom is 0.331 e. The summed E-state index contributed by atoms with van der Waals surface area (Å²) in [5.41, 5.74) is -0.239. The van der Waals surface area contributed by atoms with Crippen LogP contribution in [0.4, 0.5) is 10.1 Å². The third-order valence-corrected chi connectivity index (χ3v) is 6.32. The van der Waals surface area contributed by atoms with Crippen LogP contribution in [0.25, 0.3) is 10.9 Å². The fourth-order valence-electron chi connectivity index (χ4n) is 4.52. The zero-order valence-electron chi connectivity index (χ0n) is 19.5. The number of nitrogens with zero attached hydrogens (tertiary/aromatic N) is 2. The van der Waals surface area contributed by atoms with E-state index in [-0.39, 0.29) is 25.0 Å². The number of carbonyl (C=O) groups excluding carboxylic acids is 2. The van der Waals surface area contributed by atoms with Crippen LogP contribution in [0.1, 0.15) is 44.9 Å². The Labute approximate surface area is 201 Å². The van der Waals surface area contributed by atoms with Crippen LogP contribution in [0.5, 0.6) is 0 Å². The molecular formula is C26H29FN4O4. The molecule has 35 heavy (non-hydrogen) atoms. The fourth-order valence-corrected chi connectivity index (χ4v) is 4.52. The summed E-state index contributed by atoms with van der Waals surface area (Å²) in [5.74, 6) is -0.899. The van der Waals surface area contributed by atoms with Gasteiger partial charge in [0, 0.05) is 24.7 Å². The predicted molar refractivity (Wildman–Crippen MR) is 132 cm³/mol. The molecule has 0 aliphatic heterocycles. The number of nitrogens with one attached hydrogen (secondary N) is 2. The second-order valence-corrected chi connectivity index (χ2v) is 8.90. The summed E-state index contributed by atoms with van der Waals surface area (Å²) in [6.07, 6.45) is 5.69. The largest absolute Gasteiger partial charge is 0.353 e. The number of unbranched alkanes of at least 4 members (excludes halogenated alkanes) is 1. The highest BCUT2D eigenvalue weighted by Crippen LogP contribution is 2.18. The van der Waals surface area contributed by atoms with Gasteiger partial charge in [-0.1, -0.05) is 25.0 Å². The van der Waals surface area contributed by atoms with Crippen molar-refractivity contribution in [3.05, 3.63) is 75.2 Å². The van der Waals surface area contributed by atoms with E-state index >= 15 is 0 Å². The van der Waals surface area contributed by atoms with Gasteiger partial charge in [0.15, 0.2) is 0 Å². The van der Waals surface area contributed by atoms with Gasteiger partial charge in [-0.05, 0) is 62.1 Å². The SMILES string of the molecule is O=C(Cn1c(=O)n(CCCCC(=O)NC2CCCC2)c(=O)c2ccccc21)Nc1ccc(F)cc1. The normalized spacial score (nSPS) is 13.7. The second-order valence-electron chi connectivity index (χ2n) is 8.90. The van der Waals surface area contributed by atoms with Crippen LogP contribution in [0.3, 0.4) is 0 Å². The van der Waals surface area contributed by atoms with Crippen LogP contribution in [-0.4, -0.2) is 27.0 Å². The van der Waals surface area contributed by atoms with E-state index in [1.807, 2.05) is 0 Å². The molecule has 1 saturated carbocycles. The van der Waals surface area contributed by atoms with Gasteiger partial charge in [0.25, 0.3) is 5.56 Å². The summed E-state index contributed by atoms with van der Waals surface area (Å²) in [5, 5.41) is 6.01. The summed E-state index contributed by atoms with van der Waals surface area (Å²) in [4.78, 5) is 51.0. The van der Waals surface area contributed by atoms with Crippen molar-refractivity contribution < 1.29 is 14.0 Å². The number of para-hydroxylation sites is 1. The average molecular weight is 481 g/mol. The Morgan fingerprint density at radius 3 is 2.37 bits per heavy atom. The Hall–Kier alpha value is -3.75. The first-order chi connectivity index (χ1) is 16.9. The maximum absolute atomic E-state index is 13.2. The number of fused-ring (bicyclic) bond motifs is 1. The lowest BCUT2D eigenvalue weighted by Crippen LogP contribution is -2.41. The van der Waals surface area contributed by atoms with Crippen molar-refractivity contribution in [2.24, 2.45) is 0 Å². The van der Waals surface area contributed by atoms with Crippen molar-refractivity contribution in [3.8, 4) is 0 Å². The van der Waals surface area contributed by atoms with Crippen molar-refractivity contribution in [1.82, 2.24) is 14.5 Å². The minimum atomic E-state index is -0.585. The van der Waals surface area contributed by atoms with Crippen molar-refractivity contribution in [2.75, 3.05) is 5.32 Å². The van der Waals surface area contributed by atoms with E-state index in [0.29, 0.717) is 35.9 Å². The van der Waals surface area contributed by atoms with Crippen LogP contribution in [0, 0.1) is 5.82 Å². The second kappa shape index (κ2) is 11.1. The Morgan fingerprint density at radius 2 is 1.63 bits per heavy atom. The van der Waals surface area contributed by atoms with Crippen LogP contribution < -0.4 is 21.9 Å². The molecule has 184 valence electrons. The molecule has 8 nitrogen and oxygen atoms in total. The minimum Gasteiger partial charge on any atom is -0.353 e. The third kappa shape index (κ3) is 6.03. The highest BCUT2D eigenvalue weighted by atomic mass is 19.1. The molecular weight excluding hydrogens is 451 g/mol. The number of carbonyl (C=O) groups is 2. The van der Waals surface area contributed by atoms with E-state index in [1.54, 1.807) is 24.3 Å². The highest BCUT2D eigenvalue weighted by molar-refractivity contribution is 5.91. The zero-order chi connectivity index (χ0) is 24.8. The lowest BCUT2D eigenvalue weighted by Gasteiger charge is -2.14. The van der Waals surface area contributed by atoms with Gasteiger partial charge in [-0.15, -0.1) is 0 Å². The average Bonchev–Trinajstić information content (AvgIpc) is 3.35. The Morgan fingerprint density at radius 1 is 0.914 bits per heavy atom. The predicted octanol–water partition coefficient (Wildman–Crippen LogP) is 3.17. The summed E-state index contributed by atoms with van der Waals surface area (Å²) < 4.78 is 15.5. The number of hydrogen-bond acceptors (Lipinski definition) is 4. The standard InChI is InChI=1S/C26H29FN4O4/c27-18-12-14-20(15-13-18)29-24(33)17-31-22-10-4-3-9-21(22)25(34)30(26(31)35)16-6-5-11-23(32)28-19-7-1-2-8-19/h3-4,9-10,12-15,19H,1-2,5-8,11,16-17H2,(H,28,32)(H,29,33). The summed E-state index contributed by atoms with van der Waals surface area (Å²) in [7, 11) is 0. The molecule has 1 heterocycles. The van der Waals surface area contributed by atoms with Crippen molar-refractivity contribution in [1.29, 1.82) is 0 Å². The number of benzene rings is 2. The van der Waals surface area contributed by atoms with Gasteiger partial charge >= 0.3 is 5.69 Å². The number of anilines is 1. The molecule has 0 saturated heterocycles. The first kappa shape index (κ1) is 24.4. The van der Waals surface area contributed by atoms with Crippen LogP contribution in [-0.2, 0) is 22.7 Å². The number of aromatic nitrogens is 2. The van der Waals surface area contributed by atoms with E-state index in [2.05, 4.69) is 10.6 Å². The highest BCUT2D eigenvalue weighted by Gasteiger charge is 2.18. The number of rotatable bonds is 9. The topological polar surface area (TPSA) is 102 Å². The molecule has 1 aliphatic rings. The molecule has 9 heteroatoms. The molecule has 2 N–H and O–H groups in total. The molecule has 3 aromatic rings. The molecule has 1 aliphatic carbocycles. The molecule has 0 atom stereocenters. The molecule has 0 radical (unpaired) electrons. The number of hydrogen-bond donors (Lipinski definition) is 2. The van der Waals surface area contributed by atoms with E-state index in [1.165, 1.54) is 28.8 Å². The Kier molecular flexibility index (Phi) is 7.74. The van der Waals surface area contributed by atoms with Gasteiger partial charge in [0.2, 0.25) is 11.8 Å².